The molecule has 48 valence electrons. The predicted molar refractivity (Wildman–Crippen MR) is 35.1 cm³/mol. The Labute approximate surface area is 49.8 Å². The van der Waals surface area contributed by atoms with Crippen LogP contribution >= 0.6 is 0 Å². The maximum absolute atomic E-state index is 6.79. The van der Waals surface area contributed by atoms with Crippen LogP contribution in [0.1, 0.15) is 13.3 Å². The van der Waals surface area contributed by atoms with E-state index in [0.717, 1.165) is 13.0 Å². The van der Waals surface area contributed by atoms with Crippen LogP contribution in [-0.4, -0.2) is 18.9 Å². The molecule has 0 aliphatic heterocycles. The molecule has 0 heterocycles. The lowest BCUT2D eigenvalue weighted by atomic mass is 10.4. The third-order valence-electron chi connectivity index (χ3n) is 0.742. The quantitative estimate of drug-likeness (QED) is 0.273. The van der Waals surface area contributed by atoms with Crippen LogP contribution in [0.3, 0.4) is 0 Å². The first-order valence-corrected chi connectivity index (χ1v) is 2.81. The van der Waals surface area contributed by atoms with Crippen molar-refractivity contribution in [3.05, 3.63) is 0 Å². The van der Waals surface area contributed by atoms with Crippen molar-refractivity contribution < 1.29 is 0 Å². The summed E-state index contributed by atoms with van der Waals surface area (Å²) >= 11 is 0. The zero-order chi connectivity index (χ0) is 6.41. The van der Waals surface area contributed by atoms with E-state index in [-0.39, 0.29) is 5.84 Å². The molecule has 0 aliphatic rings. The molecule has 3 heteroatoms. The summed E-state index contributed by atoms with van der Waals surface area (Å²) in [5.74, 6) is 0.207. The molecule has 0 radical (unpaired) electrons. The van der Waals surface area contributed by atoms with E-state index in [2.05, 4.69) is 12.2 Å². The molecule has 0 bridgehead atoms. The molecule has 0 rings (SSSR count). The summed E-state index contributed by atoms with van der Waals surface area (Å²) in [6, 6.07) is 0. The van der Waals surface area contributed by atoms with E-state index < -0.39 is 0 Å². The maximum Gasteiger partial charge on any atom is 0.105 e. The van der Waals surface area contributed by atoms with Crippen LogP contribution < -0.4 is 11.1 Å². The molecule has 0 spiro atoms. The van der Waals surface area contributed by atoms with Gasteiger partial charge in [0.2, 0.25) is 0 Å². The fourth-order valence-corrected chi connectivity index (χ4v) is 0.400. The Kier molecular flexibility index (Phi) is 4.26. The van der Waals surface area contributed by atoms with Crippen molar-refractivity contribution in [2.24, 2.45) is 5.73 Å². The molecule has 0 aromatic rings. The van der Waals surface area contributed by atoms with Crippen molar-refractivity contribution in [2.45, 2.75) is 13.3 Å². The molecule has 0 aromatic carbocycles. The van der Waals surface area contributed by atoms with Gasteiger partial charge in [0.05, 0.1) is 6.54 Å². The second kappa shape index (κ2) is 4.59. The third-order valence-corrected chi connectivity index (χ3v) is 0.742. The Morgan fingerprint density at radius 3 is 2.75 bits per heavy atom. The third kappa shape index (κ3) is 5.43. The molecular formula is C5H13N3. The van der Waals surface area contributed by atoms with Gasteiger partial charge in [-0.15, -0.1) is 0 Å². The van der Waals surface area contributed by atoms with Crippen molar-refractivity contribution in [1.82, 2.24) is 5.32 Å². The average Bonchev–Trinajstić information content (AvgIpc) is 1.66. The summed E-state index contributed by atoms with van der Waals surface area (Å²) in [6.07, 6.45) is 1.09. The second-order valence-corrected chi connectivity index (χ2v) is 1.70. The van der Waals surface area contributed by atoms with Crippen molar-refractivity contribution in [3.63, 3.8) is 0 Å². The molecule has 0 atom stereocenters. The van der Waals surface area contributed by atoms with Gasteiger partial charge in [-0.2, -0.15) is 0 Å². The van der Waals surface area contributed by atoms with Crippen LogP contribution in [-0.2, 0) is 0 Å². The van der Waals surface area contributed by atoms with Gasteiger partial charge < -0.3 is 11.1 Å². The van der Waals surface area contributed by atoms with E-state index in [1.54, 1.807) is 0 Å². The van der Waals surface area contributed by atoms with Crippen LogP contribution in [0.15, 0.2) is 0 Å². The fourth-order valence-electron chi connectivity index (χ4n) is 0.400. The summed E-state index contributed by atoms with van der Waals surface area (Å²) in [7, 11) is 0. The molecule has 0 saturated carbocycles. The summed E-state index contributed by atoms with van der Waals surface area (Å²) in [5, 5.41) is 9.77. The van der Waals surface area contributed by atoms with Crippen LogP contribution in [0.5, 0.6) is 0 Å². The zero-order valence-electron chi connectivity index (χ0n) is 5.20. The van der Waals surface area contributed by atoms with Gasteiger partial charge in [0, 0.05) is 0 Å². The highest BCUT2D eigenvalue weighted by atomic mass is 14.9. The summed E-state index contributed by atoms with van der Waals surface area (Å²) < 4.78 is 0. The number of nitrogens with two attached hydrogens (primary N) is 1. The summed E-state index contributed by atoms with van der Waals surface area (Å²) in [4.78, 5) is 0. The minimum absolute atomic E-state index is 0.207. The van der Waals surface area contributed by atoms with Gasteiger partial charge in [0.25, 0.3) is 0 Å². The van der Waals surface area contributed by atoms with Crippen molar-refractivity contribution in [3.8, 4) is 0 Å². The van der Waals surface area contributed by atoms with Gasteiger partial charge >= 0.3 is 0 Å². The molecule has 0 unspecified atom stereocenters. The van der Waals surface area contributed by atoms with E-state index in [1.807, 2.05) is 0 Å². The Morgan fingerprint density at radius 2 is 2.38 bits per heavy atom. The van der Waals surface area contributed by atoms with E-state index in [1.165, 1.54) is 0 Å². The van der Waals surface area contributed by atoms with Crippen LogP contribution in [0, 0.1) is 5.41 Å². The lowest BCUT2D eigenvalue weighted by Gasteiger charge is -1.97. The van der Waals surface area contributed by atoms with E-state index >= 15 is 0 Å². The van der Waals surface area contributed by atoms with E-state index in [0.29, 0.717) is 6.54 Å². The highest BCUT2D eigenvalue weighted by Crippen LogP contribution is 1.66. The topological polar surface area (TPSA) is 61.9 Å². The monoisotopic (exact) mass is 115 g/mol. The van der Waals surface area contributed by atoms with Crippen molar-refractivity contribution >= 4 is 5.84 Å². The standard InChI is InChI=1S/C5H13N3/c1-2-3-8-4-5(6)7/h8H,2-4H2,1H3,(H3,6,7). The smallest absolute Gasteiger partial charge is 0.105 e. The number of amidine groups is 1. The molecule has 0 aromatic heterocycles. The first-order chi connectivity index (χ1) is 3.77. The first-order valence-electron chi connectivity index (χ1n) is 2.81. The number of rotatable bonds is 4. The van der Waals surface area contributed by atoms with Crippen LogP contribution in [0.2, 0.25) is 0 Å². The van der Waals surface area contributed by atoms with Gasteiger partial charge in [-0.3, -0.25) is 5.41 Å². The Hall–Kier alpha value is -0.570. The second-order valence-electron chi connectivity index (χ2n) is 1.70. The molecule has 3 nitrogen and oxygen atoms in total. The Morgan fingerprint density at radius 1 is 1.75 bits per heavy atom. The van der Waals surface area contributed by atoms with Gasteiger partial charge in [0.1, 0.15) is 5.84 Å². The predicted octanol–water partition coefficient (Wildman–Crippen LogP) is -0.0780. The molecule has 4 N–H and O–H groups in total. The highest BCUT2D eigenvalue weighted by Gasteiger charge is 1.83. The SMILES string of the molecule is CCCNCC(=N)N. The van der Waals surface area contributed by atoms with E-state index in [4.69, 9.17) is 11.1 Å². The Balaban J connectivity index is 2.82. The lowest BCUT2D eigenvalue weighted by Crippen LogP contribution is -2.28. The molecule has 0 saturated heterocycles. The number of nitrogens with one attached hydrogen (secondary N) is 2. The zero-order valence-corrected chi connectivity index (χ0v) is 5.20. The van der Waals surface area contributed by atoms with Crippen molar-refractivity contribution in [2.75, 3.05) is 13.1 Å². The first kappa shape index (κ1) is 7.43. The highest BCUT2D eigenvalue weighted by molar-refractivity contribution is 5.78. The normalized spacial score (nSPS) is 9.12. The minimum Gasteiger partial charge on any atom is -0.387 e. The number of hydrogen-bond donors (Lipinski definition) is 3. The molecule has 0 aliphatic carbocycles. The maximum atomic E-state index is 6.79. The van der Waals surface area contributed by atoms with Gasteiger partial charge in [-0.05, 0) is 13.0 Å². The average molecular weight is 115 g/mol. The minimum atomic E-state index is 0.207. The number of hydrogen-bond acceptors (Lipinski definition) is 2. The van der Waals surface area contributed by atoms with Gasteiger partial charge in [-0.25, -0.2) is 0 Å². The molecule has 8 heavy (non-hydrogen) atoms. The lowest BCUT2D eigenvalue weighted by molar-refractivity contribution is 0.738. The van der Waals surface area contributed by atoms with Gasteiger partial charge in [0.15, 0.2) is 0 Å². The largest absolute Gasteiger partial charge is 0.387 e. The summed E-state index contributed by atoms with van der Waals surface area (Å²) in [6.45, 7) is 3.54. The van der Waals surface area contributed by atoms with Crippen LogP contribution in [0.25, 0.3) is 0 Å². The Bertz CT molecular complexity index is 70.1. The molecule has 0 fully saturated rings. The molecular weight excluding hydrogens is 102 g/mol. The van der Waals surface area contributed by atoms with Crippen molar-refractivity contribution in [1.29, 1.82) is 5.41 Å². The van der Waals surface area contributed by atoms with Crippen LogP contribution in [0.4, 0.5) is 0 Å². The van der Waals surface area contributed by atoms with E-state index in [9.17, 15) is 0 Å². The fraction of sp³-hybridized carbons (Fsp3) is 0.800. The van der Waals surface area contributed by atoms with Gasteiger partial charge in [-0.1, -0.05) is 6.92 Å². The molecule has 0 amide bonds. The summed E-state index contributed by atoms with van der Waals surface area (Å²) in [5.41, 5.74) is 5.05.